The summed E-state index contributed by atoms with van der Waals surface area (Å²) in [7, 11) is -1.82. The first-order valence-electron chi connectivity index (χ1n) is 8.59. The molecule has 0 fully saturated rings. The van der Waals surface area contributed by atoms with E-state index in [4.69, 9.17) is 23.2 Å². The van der Waals surface area contributed by atoms with Crippen LogP contribution in [-0.2, 0) is 14.8 Å². The third-order valence-corrected chi connectivity index (χ3v) is 5.81. The number of hydrogen-bond acceptors (Lipinski definition) is 4. The summed E-state index contributed by atoms with van der Waals surface area (Å²) in [6.45, 7) is 2.46. The fourth-order valence-corrected chi connectivity index (χ4v) is 4.45. The van der Waals surface area contributed by atoms with E-state index in [1.54, 1.807) is 0 Å². The summed E-state index contributed by atoms with van der Waals surface area (Å²) in [6.07, 6.45) is 1.04. The zero-order valence-corrected chi connectivity index (χ0v) is 18.2. The summed E-state index contributed by atoms with van der Waals surface area (Å²) in [4.78, 5) is 14.6. The standard InChI is InChI=1S/C19H23Cl2N3O3S/c1-14(19(25)22-9-10-23(2)17-7-5-4-6-8-17)24(28(3,26)27)18-12-15(20)11-16(21)13-18/h4-8,11-14H,9-10H2,1-3H3,(H,22,25). The van der Waals surface area contributed by atoms with Crippen LogP contribution in [0.25, 0.3) is 0 Å². The molecule has 1 atom stereocenters. The Morgan fingerprint density at radius 3 is 2.18 bits per heavy atom. The highest BCUT2D eigenvalue weighted by molar-refractivity contribution is 7.92. The third-order valence-electron chi connectivity index (χ3n) is 4.13. The van der Waals surface area contributed by atoms with Crippen LogP contribution in [0.3, 0.4) is 0 Å². The number of halogens is 2. The van der Waals surface area contributed by atoms with Crippen molar-refractivity contribution in [2.75, 3.05) is 35.6 Å². The Bertz CT molecular complexity index is 903. The number of carbonyl (C=O) groups excluding carboxylic acids is 1. The molecular formula is C19H23Cl2N3O3S. The normalized spacial score (nSPS) is 12.3. The number of carbonyl (C=O) groups is 1. The zero-order chi connectivity index (χ0) is 20.9. The number of sulfonamides is 1. The number of para-hydroxylation sites is 1. The molecular weight excluding hydrogens is 421 g/mol. The van der Waals surface area contributed by atoms with Crippen molar-refractivity contribution >= 4 is 50.5 Å². The fourth-order valence-electron chi connectivity index (χ4n) is 2.78. The van der Waals surface area contributed by atoms with Gasteiger partial charge in [0, 0.05) is 35.9 Å². The molecule has 2 aromatic carbocycles. The second-order valence-electron chi connectivity index (χ2n) is 6.41. The van der Waals surface area contributed by atoms with E-state index in [-0.39, 0.29) is 15.7 Å². The molecule has 0 aromatic heterocycles. The van der Waals surface area contributed by atoms with Crippen LogP contribution in [0.5, 0.6) is 0 Å². The molecule has 0 aliphatic rings. The van der Waals surface area contributed by atoms with E-state index in [1.165, 1.54) is 25.1 Å². The summed E-state index contributed by atoms with van der Waals surface area (Å²) in [6, 6.07) is 13.2. The maximum atomic E-state index is 12.6. The minimum atomic E-state index is -3.74. The topological polar surface area (TPSA) is 69.7 Å². The Morgan fingerprint density at radius 1 is 1.07 bits per heavy atom. The summed E-state index contributed by atoms with van der Waals surface area (Å²) in [5.41, 5.74) is 1.26. The first-order chi connectivity index (χ1) is 13.1. The molecule has 0 aliphatic carbocycles. The highest BCUT2D eigenvalue weighted by Gasteiger charge is 2.29. The van der Waals surface area contributed by atoms with Crippen LogP contribution in [0.4, 0.5) is 11.4 Å². The number of hydrogen-bond donors (Lipinski definition) is 1. The van der Waals surface area contributed by atoms with Gasteiger partial charge in [-0.15, -0.1) is 0 Å². The van der Waals surface area contributed by atoms with Gasteiger partial charge in [0.2, 0.25) is 15.9 Å². The number of nitrogens with one attached hydrogen (secondary N) is 1. The lowest BCUT2D eigenvalue weighted by Crippen LogP contribution is -2.49. The number of likely N-dealkylation sites (N-methyl/N-ethyl adjacent to an activating group) is 1. The first-order valence-corrected chi connectivity index (χ1v) is 11.2. The second kappa shape index (κ2) is 9.49. The van der Waals surface area contributed by atoms with E-state index < -0.39 is 22.0 Å². The zero-order valence-electron chi connectivity index (χ0n) is 15.9. The molecule has 0 aliphatic heterocycles. The van der Waals surface area contributed by atoms with Gasteiger partial charge in [0.15, 0.2) is 0 Å². The first kappa shape index (κ1) is 22.3. The van der Waals surface area contributed by atoms with Crippen molar-refractivity contribution in [3.05, 3.63) is 58.6 Å². The van der Waals surface area contributed by atoms with Gasteiger partial charge in [-0.25, -0.2) is 8.42 Å². The fraction of sp³-hybridized carbons (Fsp3) is 0.316. The molecule has 0 saturated carbocycles. The van der Waals surface area contributed by atoms with E-state index >= 15 is 0 Å². The van der Waals surface area contributed by atoms with Crippen LogP contribution in [0, 0.1) is 0 Å². The SMILES string of the molecule is CC(C(=O)NCCN(C)c1ccccc1)N(c1cc(Cl)cc(Cl)c1)S(C)(=O)=O. The van der Waals surface area contributed by atoms with Gasteiger partial charge in [-0.05, 0) is 37.3 Å². The Labute approximate surface area is 176 Å². The van der Waals surface area contributed by atoms with E-state index in [1.807, 2.05) is 42.3 Å². The Balaban J connectivity index is 2.07. The molecule has 2 rings (SSSR count). The Kier molecular flexibility index (Phi) is 7.57. The molecule has 0 saturated heterocycles. The van der Waals surface area contributed by atoms with Crippen molar-refractivity contribution in [3.8, 4) is 0 Å². The molecule has 6 nitrogen and oxygen atoms in total. The van der Waals surface area contributed by atoms with Crippen molar-refractivity contribution in [2.24, 2.45) is 0 Å². The maximum Gasteiger partial charge on any atom is 0.243 e. The average Bonchev–Trinajstić information content (AvgIpc) is 2.60. The third kappa shape index (κ3) is 6.02. The molecule has 152 valence electrons. The number of amides is 1. The van der Waals surface area contributed by atoms with E-state index in [9.17, 15) is 13.2 Å². The predicted molar refractivity (Wildman–Crippen MR) is 116 cm³/mol. The van der Waals surface area contributed by atoms with Gasteiger partial charge in [0.25, 0.3) is 0 Å². The van der Waals surface area contributed by atoms with E-state index in [2.05, 4.69) is 5.32 Å². The summed E-state index contributed by atoms with van der Waals surface area (Å²) in [5.74, 6) is -0.414. The molecule has 28 heavy (non-hydrogen) atoms. The van der Waals surface area contributed by atoms with Crippen LogP contribution in [0.2, 0.25) is 10.0 Å². The number of rotatable bonds is 8. The quantitative estimate of drug-likeness (QED) is 0.678. The van der Waals surface area contributed by atoms with Crippen LogP contribution >= 0.6 is 23.2 Å². The van der Waals surface area contributed by atoms with Crippen LogP contribution < -0.4 is 14.5 Å². The second-order valence-corrected chi connectivity index (χ2v) is 9.14. The van der Waals surface area contributed by atoms with E-state index in [0.29, 0.717) is 13.1 Å². The van der Waals surface area contributed by atoms with Crippen molar-refractivity contribution in [3.63, 3.8) is 0 Å². The monoisotopic (exact) mass is 443 g/mol. The number of anilines is 2. The van der Waals surface area contributed by atoms with Gasteiger partial charge < -0.3 is 10.2 Å². The molecule has 0 bridgehead atoms. The minimum absolute atomic E-state index is 0.240. The molecule has 1 amide bonds. The molecule has 1 N–H and O–H groups in total. The van der Waals surface area contributed by atoms with Gasteiger partial charge >= 0.3 is 0 Å². The lowest BCUT2D eigenvalue weighted by atomic mass is 10.2. The molecule has 2 aromatic rings. The van der Waals surface area contributed by atoms with Gasteiger partial charge in [-0.1, -0.05) is 41.4 Å². The number of nitrogens with zero attached hydrogens (tertiary/aromatic N) is 2. The minimum Gasteiger partial charge on any atom is -0.373 e. The van der Waals surface area contributed by atoms with Gasteiger partial charge in [-0.3, -0.25) is 9.10 Å². The van der Waals surface area contributed by atoms with Crippen LogP contribution in [0.1, 0.15) is 6.92 Å². The lowest BCUT2D eigenvalue weighted by Gasteiger charge is -2.29. The van der Waals surface area contributed by atoms with Gasteiger partial charge in [0.1, 0.15) is 6.04 Å². The van der Waals surface area contributed by atoms with E-state index in [0.717, 1.165) is 16.2 Å². The molecule has 1 unspecified atom stereocenters. The number of benzene rings is 2. The van der Waals surface area contributed by atoms with Gasteiger partial charge in [-0.2, -0.15) is 0 Å². The maximum absolute atomic E-state index is 12.6. The Hall–Kier alpha value is -1.96. The smallest absolute Gasteiger partial charge is 0.243 e. The summed E-state index contributed by atoms with van der Waals surface area (Å²) in [5, 5.41) is 3.35. The van der Waals surface area contributed by atoms with Crippen molar-refractivity contribution in [2.45, 2.75) is 13.0 Å². The highest BCUT2D eigenvalue weighted by Crippen LogP contribution is 2.28. The van der Waals surface area contributed by atoms with Crippen LogP contribution in [-0.4, -0.2) is 46.8 Å². The Morgan fingerprint density at radius 2 is 1.64 bits per heavy atom. The van der Waals surface area contributed by atoms with Crippen molar-refractivity contribution in [1.29, 1.82) is 0 Å². The lowest BCUT2D eigenvalue weighted by molar-refractivity contribution is -0.121. The molecule has 0 spiro atoms. The highest BCUT2D eigenvalue weighted by atomic mass is 35.5. The van der Waals surface area contributed by atoms with Crippen LogP contribution in [0.15, 0.2) is 48.5 Å². The van der Waals surface area contributed by atoms with Crippen molar-refractivity contribution < 1.29 is 13.2 Å². The summed E-state index contributed by atoms with van der Waals surface area (Å²) >= 11 is 12.0. The summed E-state index contributed by atoms with van der Waals surface area (Å²) < 4.78 is 25.7. The molecule has 0 heterocycles. The predicted octanol–water partition coefficient (Wildman–Crippen LogP) is 3.40. The van der Waals surface area contributed by atoms with Gasteiger partial charge in [0.05, 0.1) is 11.9 Å². The average molecular weight is 444 g/mol. The largest absolute Gasteiger partial charge is 0.373 e. The molecule has 9 heteroatoms. The van der Waals surface area contributed by atoms with Crippen molar-refractivity contribution in [1.82, 2.24) is 5.32 Å². The molecule has 0 radical (unpaired) electrons.